The van der Waals surface area contributed by atoms with Gasteiger partial charge in [-0.15, -0.1) is 0 Å². The molecule has 104 valence electrons. The van der Waals surface area contributed by atoms with Crippen LogP contribution in [-0.2, 0) is 9.05 Å². The first-order valence-corrected chi connectivity index (χ1v) is 7.80. The summed E-state index contributed by atoms with van der Waals surface area (Å²) in [5.74, 6) is -1.52. The normalized spacial score (nSPS) is 11.7. The van der Waals surface area contributed by atoms with Gasteiger partial charge in [0.05, 0.1) is 10.5 Å². The molecular formula is C12H13ClFNO3S. The molecule has 0 aliphatic heterocycles. The minimum absolute atomic E-state index is 0.218. The van der Waals surface area contributed by atoms with E-state index >= 15 is 0 Å². The highest BCUT2D eigenvalue weighted by Crippen LogP contribution is 2.18. The standard InChI is InChI=1S/C12H13ClFNO3S/c1-2-3-4-7-15-12(16)10-6-5-9(8-11(10)14)19(13,17)18/h2-3,5-6,8H,4,7H2,1H3,(H,15,16)/b3-2+. The Kier molecular flexibility index (Phi) is 5.50. The van der Waals surface area contributed by atoms with Crippen LogP contribution in [0.1, 0.15) is 23.7 Å². The van der Waals surface area contributed by atoms with Crippen LogP contribution in [0.2, 0.25) is 0 Å². The molecule has 0 fully saturated rings. The molecule has 1 rings (SSSR count). The monoisotopic (exact) mass is 305 g/mol. The zero-order chi connectivity index (χ0) is 14.5. The summed E-state index contributed by atoms with van der Waals surface area (Å²) in [5.41, 5.74) is -0.218. The number of halogens is 2. The van der Waals surface area contributed by atoms with Crippen molar-refractivity contribution < 1.29 is 17.6 Å². The molecule has 0 radical (unpaired) electrons. The SMILES string of the molecule is C/C=C/CCNC(=O)c1ccc(S(=O)(=O)Cl)cc1F. The molecule has 4 nitrogen and oxygen atoms in total. The summed E-state index contributed by atoms with van der Waals surface area (Å²) in [5, 5.41) is 2.52. The van der Waals surface area contributed by atoms with Crippen LogP contribution in [-0.4, -0.2) is 20.9 Å². The van der Waals surface area contributed by atoms with Crippen LogP contribution < -0.4 is 5.32 Å². The maximum Gasteiger partial charge on any atom is 0.261 e. The van der Waals surface area contributed by atoms with E-state index in [1.54, 1.807) is 0 Å². The van der Waals surface area contributed by atoms with Crippen molar-refractivity contribution in [1.82, 2.24) is 5.32 Å². The Labute approximate surface area is 115 Å². The summed E-state index contributed by atoms with van der Waals surface area (Å²) < 4.78 is 35.6. The minimum Gasteiger partial charge on any atom is -0.352 e. The molecule has 0 aliphatic carbocycles. The lowest BCUT2D eigenvalue weighted by Gasteiger charge is -2.05. The van der Waals surface area contributed by atoms with Gasteiger partial charge in [0.25, 0.3) is 15.0 Å². The highest BCUT2D eigenvalue weighted by atomic mass is 35.7. The van der Waals surface area contributed by atoms with E-state index in [9.17, 15) is 17.6 Å². The van der Waals surface area contributed by atoms with Crippen molar-refractivity contribution in [3.8, 4) is 0 Å². The summed E-state index contributed by atoms with van der Waals surface area (Å²) in [6.07, 6.45) is 4.34. The predicted octanol–water partition coefficient (Wildman–Crippen LogP) is 2.45. The maximum absolute atomic E-state index is 13.6. The first-order chi connectivity index (χ1) is 8.86. The largest absolute Gasteiger partial charge is 0.352 e. The van der Waals surface area contributed by atoms with Gasteiger partial charge in [0.2, 0.25) is 0 Å². The Balaban J connectivity index is 2.82. The third kappa shape index (κ3) is 4.65. The molecule has 1 aromatic rings. The van der Waals surface area contributed by atoms with Gasteiger partial charge in [-0.1, -0.05) is 12.2 Å². The van der Waals surface area contributed by atoms with Gasteiger partial charge in [-0.05, 0) is 31.5 Å². The highest BCUT2D eigenvalue weighted by Gasteiger charge is 2.16. The van der Waals surface area contributed by atoms with E-state index in [0.717, 1.165) is 18.2 Å². The van der Waals surface area contributed by atoms with Crippen LogP contribution in [0.5, 0.6) is 0 Å². The summed E-state index contributed by atoms with van der Waals surface area (Å²) in [4.78, 5) is 11.3. The van der Waals surface area contributed by atoms with Crippen LogP contribution in [0.25, 0.3) is 0 Å². The molecule has 1 N–H and O–H groups in total. The number of rotatable bonds is 5. The molecule has 0 heterocycles. The predicted molar refractivity (Wildman–Crippen MR) is 71.2 cm³/mol. The first kappa shape index (κ1) is 15.7. The molecular weight excluding hydrogens is 293 g/mol. The van der Waals surface area contributed by atoms with Crippen molar-refractivity contribution in [2.24, 2.45) is 0 Å². The molecule has 0 bridgehead atoms. The van der Waals surface area contributed by atoms with E-state index in [-0.39, 0.29) is 10.5 Å². The van der Waals surface area contributed by atoms with Gasteiger partial charge in [0.15, 0.2) is 0 Å². The van der Waals surface area contributed by atoms with Crippen molar-refractivity contribution in [2.75, 3.05) is 6.54 Å². The lowest BCUT2D eigenvalue weighted by Crippen LogP contribution is -2.25. The average Bonchev–Trinajstić information content (AvgIpc) is 2.33. The Morgan fingerprint density at radius 3 is 2.68 bits per heavy atom. The fraction of sp³-hybridized carbons (Fsp3) is 0.250. The van der Waals surface area contributed by atoms with Crippen LogP contribution >= 0.6 is 10.7 Å². The number of hydrogen-bond donors (Lipinski definition) is 1. The van der Waals surface area contributed by atoms with E-state index in [1.165, 1.54) is 0 Å². The molecule has 0 spiro atoms. The minimum atomic E-state index is -4.00. The zero-order valence-electron chi connectivity index (χ0n) is 10.2. The molecule has 1 amide bonds. The lowest BCUT2D eigenvalue weighted by molar-refractivity contribution is 0.0950. The number of allylic oxidation sites excluding steroid dienone is 1. The second-order valence-corrected chi connectivity index (χ2v) is 6.26. The van der Waals surface area contributed by atoms with E-state index in [2.05, 4.69) is 5.32 Å². The van der Waals surface area contributed by atoms with Gasteiger partial charge in [-0.25, -0.2) is 12.8 Å². The van der Waals surface area contributed by atoms with Crippen LogP contribution in [0.3, 0.4) is 0 Å². The number of nitrogens with one attached hydrogen (secondary N) is 1. The Hall–Kier alpha value is -1.40. The lowest BCUT2D eigenvalue weighted by atomic mass is 10.2. The van der Waals surface area contributed by atoms with Crippen molar-refractivity contribution in [3.63, 3.8) is 0 Å². The zero-order valence-corrected chi connectivity index (χ0v) is 11.8. The number of hydrogen-bond acceptors (Lipinski definition) is 3. The van der Waals surface area contributed by atoms with Gasteiger partial charge in [-0.2, -0.15) is 0 Å². The van der Waals surface area contributed by atoms with E-state index in [0.29, 0.717) is 13.0 Å². The van der Waals surface area contributed by atoms with Gasteiger partial charge in [0, 0.05) is 17.2 Å². The van der Waals surface area contributed by atoms with Gasteiger partial charge < -0.3 is 5.32 Å². The number of carbonyl (C=O) groups is 1. The smallest absolute Gasteiger partial charge is 0.261 e. The third-order valence-electron chi connectivity index (χ3n) is 2.30. The Morgan fingerprint density at radius 2 is 2.16 bits per heavy atom. The van der Waals surface area contributed by atoms with E-state index < -0.39 is 20.8 Å². The van der Waals surface area contributed by atoms with Crippen LogP contribution in [0, 0.1) is 5.82 Å². The van der Waals surface area contributed by atoms with Crippen molar-refractivity contribution in [1.29, 1.82) is 0 Å². The summed E-state index contributed by atoms with van der Waals surface area (Å²) in [6, 6.07) is 2.91. The van der Waals surface area contributed by atoms with Crippen molar-refractivity contribution >= 4 is 25.6 Å². The molecule has 0 atom stereocenters. The van der Waals surface area contributed by atoms with Crippen LogP contribution in [0.15, 0.2) is 35.2 Å². The summed E-state index contributed by atoms with van der Waals surface area (Å²) >= 11 is 0. The molecule has 0 saturated carbocycles. The fourth-order valence-corrected chi connectivity index (χ4v) is 2.13. The first-order valence-electron chi connectivity index (χ1n) is 5.50. The summed E-state index contributed by atoms with van der Waals surface area (Å²) in [6.45, 7) is 2.23. The maximum atomic E-state index is 13.6. The molecule has 0 saturated heterocycles. The fourth-order valence-electron chi connectivity index (χ4n) is 1.36. The second-order valence-electron chi connectivity index (χ2n) is 3.69. The third-order valence-corrected chi connectivity index (χ3v) is 3.65. The van der Waals surface area contributed by atoms with Crippen LogP contribution in [0.4, 0.5) is 4.39 Å². The van der Waals surface area contributed by atoms with E-state index in [1.807, 2.05) is 19.1 Å². The topological polar surface area (TPSA) is 63.2 Å². The second kappa shape index (κ2) is 6.68. The Bertz CT molecular complexity index is 599. The molecule has 0 aromatic heterocycles. The number of benzene rings is 1. The van der Waals surface area contributed by atoms with Crippen molar-refractivity contribution in [2.45, 2.75) is 18.2 Å². The van der Waals surface area contributed by atoms with Gasteiger partial charge >= 0.3 is 0 Å². The quantitative estimate of drug-likeness (QED) is 0.516. The highest BCUT2D eigenvalue weighted by molar-refractivity contribution is 8.13. The van der Waals surface area contributed by atoms with Gasteiger partial charge in [-0.3, -0.25) is 4.79 Å². The molecule has 0 unspecified atom stereocenters. The molecule has 7 heteroatoms. The average molecular weight is 306 g/mol. The number of carbonyl (C=O) groups excluding carboxylic acids is 1. The van der Waals surface area contributed by atoms with Gasteiger partial charge in [0.1, 0.15) is 5.82 Å². The molecule has 0 aliphatic rings. The number of amides is 1. The molecule has 1 aromatic carbocycles. The Morgan fingerprint density at radius 1 is 1.47 bits per heavy atom. The van der Waals surface area contributed by atoms with Crippen molar-refractivity contribution in [3.05, 3.63) is 41.7 Å². The molecule has 19 heavy (non-hydrogen) atoms. The summed E-state index contributed by atoms with van der Waals surface area (Å²) in [7, 11) is 1.08. The van der Waals surface area contributed by atoms with E-state index in [4.69, 9.17) is 10.7 Å².